The van der Waals surface area contributed by atoms with E-state index in [-0.39, 0.29) is 5.56 Å². The van der Waals surface area contributed by atoms with E-state index >= 15 is 0 Å². The molecule has 2 aromatic rings. The molecule has 2 heterocycles. The minimum Gasteiger partial charge on any atom is -0.265 e. The number of halogens is 3. The van der Waals surface area contributed by atoms with Gasteiger partial charge >= 0.3 is 6.18 Å². The predicted octanol–water partition coefficient (Wildman–Crippen LogP) is 3.39. The van der Waals surface area contributed by atoms with Gasteiger partial charge in [-0.05, 0) is 30.7 Å². The molecule has 0 bridgehead atoms. The lowest BCUT2D eigenvalue weighted by Gasteiger charge is -2.13. The maximum atomic E-state index is 13.0. The molecule has 0 amide bonds. The Kier molecular flexibility index (Phi) is 3.58. The third-order valence-corrected chi connectivity index (χ3v) is 3.32. The first-order valence-corrected chi connectivity index (χ1v) is 6.53. The quantitative estimate of drug-likeness (QED) is 0.925. The number of aliphatic imine (C=N–C) groups is 1. The smallest absolute Gasteiger partial charge is 0.265 e. The van der Waals surface area contributed by atoms with Gasteiger partial charge in [-0.2, -0.15) is 13.2 Å². The molecule has 1 atom stereocenters. The molecule has 7 heteroatoms. The molecule has 0 aliphatic carbocycles. The van der Waals surface area contributed by atoms with Crippen molar-refractivity contribution in [2.75, 3.05) is 0 Å². The second kappa shape index (κ2) is 5.42. The van der Waals surface area contributed by atoms with Gasteiger partial charge in [-0.15, -0.1) is 0 Å². The number of hydrogen-bond donors (Lipinski definition) is 1. The highest BCUT2D eigenvalue weighted by Crippen LogP contribution is 2.34. The van der Waals surface area contributed by atoms with Crippen molar-refractivity contribution < 1.29 is 18.0 Å². The van der Waals surface area contributed by atoms with Gasteiger partial charge in [0.1, 0.15) is 0 Å². The van der Waals surface area contributed by atoms with Crippen LogP contribution < -0.4 is 5.48 Å². The van der Waals surface area contributed by atoms with Crippen LogP contribution in [0.1, 0.15) is 28.5 Å². The van der Waals surface area contributed by atoms with E-state index in [0.717, 1.165) is 11.6 Å². The average Bonchev–Trinajstić information content (AvgIpc) is 2.97. The van der Waals surface area contributed by atoms with Crippen LogP contribution in [0.15, 0.2) is 47.7 Å². The first-order chi connectivity index (χ1) is 10.4. The van der Waals surface area contributed by atoms with Crippen molar-refractivity contribution in [3.05, 3.63) is 65.0 Å². The standard InChI is InChI=1S/C15H12F3N3O/c1-9-2-3-11(8-12(9)15(16,17)18)14-20-13(21-22-14)10-4-6-19-7-5-10/h2-8,14H,1H3,(H,20,21). The zero-order valence-electron chi connectivity index (χ0n) is 11.6. The summed E-state index contributed by atoms with van der Waals surface area (Å²) in [5.74, 6) is 0.460. The lowest BCUT2D eigenvalue weighted by molar-refractivity contribution is -0.138. The van der Waals surface area contributed by atoms with Crippen LogP contribution in [0.5, 0.6) is 0 Å². The Morgan fingerprint density at radius 1 is 1.14 bits per heavy atom. The maximum Gasteiger partial charge on any atom is 0.416 e. The largest absolute Gasteiger partial charge is 0.416 e. The fraction of sp³-hybridized carbons (Fsp3) is 0.200. The molecular weight excluding hydrogens is 295 g/mol. The van der Waals surface area contributed by atoms with E-state index in [4.69, 9.17) is 4.84 Å². The Morgan fingerprint density at radius 3 is 2.55 bits per heavy atom. The van der Waals surface area contributed by atoms with E-state index < -0.39 is 18.0 Å². The van der Waals surface area contributed by atoms with Crippen LogP contribution in [-0.2, 0) is 11.0 Å². The third kappa shape index (κ3) is 2.80. The molecule has 0 saturated heterocycles. The van der Waals surface area contributed by atoms with Crippen molar-refractivity contribution in [2.45, 2.75) is 19.3 Å². The zero-order valence-corrected chi connectivity index (χ0v) is 11.6. The van der Waals surface area contributed by atoms with Crippen molar-refractivity contribution in [1.82, 2.24) is 10.5 Å². The van der Waals surface area contributed by atoms with E-state index in [1.165, 1.54) is 13.0 Å². The first-order valence-electron chi connectivity index (χ1n) is 6.53. The Hall–Kier alpha value is -2.41. The number of hydroxylamine groups is 1. The minimum atomic E-state index is -4.40. The van der Waals surface area contributed by atoms with Gasteiger partial charge in [-0.25, -0.2) is 15.3 Å². The zero-order chi connectivity index (χ0) is 15.7. The summed E-state index contributed by atoms with van der Waals surface area (Å²) in [6, 6.07) is 7.53. The molecule has 1 aromatic heterocycles. The molecular formula is C15H12F3N3O. The summed E-state index contributed by atoms with van der Waals surface area (Å²) in [4.78, 5) is 13.4. The van der Waals surface area contributed by atoms with Gasteiger partial charge in [-0.1, -0.05) is 12.1 Å². The van der Waals surface area contributed by atoms with Crippen LogP contribution >= 0.6 is 0 Å². The summed E-state index contributed by atoms with van der Waals surface area (Å²) in [5.41, 5.74) is 3.22. The van der Waals surface area contributed by atoms with Gasteiger partial charge in [0.15, 0.2) is 5.84 Å². The van der Waals surface area contributed by atoms with Crippen LogP contribution in [0.3, 0.4) is 0 Å². The Labute approximate surface area is 124 Å². The van der Waals surface area contributed by atoms with Crippen molar-refractivity contribution in [3.63, 3.8) is 0 Å². The number of benzene rings is 1. The van der Waals surface area contributed by atoms with Gasteiger partial charge < -0.3 is 0 Å². The third-order valence-electron chi connectivity index (χ3n) is 3.32. The van der Waals surface area contributed by atoms with Gasteiger partial charge in [0, 0.05) is 23.5 Å². The average molecular weight is 307 g/mol. The summed E-state index contributed by atoms with van der Waals surface area (Å²) in [7, 11) is 0. The van der Waals surface area contributed by atoms with Crippen LogP contribution in [0.25, 0.3) is 0 Å². The SMILES string of the molecule is Cc1ccc(C2N=C(c3ccncc3)NO2)cc1C(F)(F)F. The number of nitrogens with one attached hydrogen (secondary N) is 1. The van der Waals surface area contributed by atoms with Crippen molar-refractivity contribution in [2.24, 2.45) is 4.99 Å². The molecule has 0 spiro atoms. The first kappa shape index (κ1) is 14.5. The number of nitrogens with zero attached hydrogens (tertiary/aromatic N) is 2. The highest BCUT2D eigenvalue weighted by Gasteiger charge is 2.33. The fourth-order valence-electron chi connectivity index (χ4n) is 2.17. The summed E-state index contributed by atoms with van der Waals surface area (Å²) >= 11 is 0. The lowest BCUT2D eigenvalue weighted by atomic mass is 10.0. The molecule has 1 aromatic carbocycles. The van der Waals surface area contributed by atoms with Gasteiger partial charge in [0.2, 0.25) is 6.23 Å². The number of alkyl halides is 3. The van der Waals surface area contributed by atoms with Gasteiger partial charge in [0.25, 0.3) is 0 Å². The number of aromatic nitrogens is 1. The summed E-state index contributed by atoms with van der Waals surface area (Å²) < 4.78 is 38.9. The fourth-order valence-corrected chi connectivity index (χ4v) is 2.17. The second-order valence-corrected chi connectivity index (χ2v) is 4.86. The van der Waals surface area contributed by atoms with Gasteiger partial charge in [0.05, 0.1) is 5.56 Å². The summed E-state index contributed by atoms with van der Waals surface area (Å²) in [6.45, 7) is 1.42. The molecule has 4 nitrogen and oxygen atoms in total. The molecule has 1 aliphatic rings. The van der Waals surface area contributed by atoms with Crippen LogP contribution in [0, 0.1) is 6.92 Å². The monoisotopic (exact) mass is 307 g/mol. The Morgan fingerprint density at radius 2 is 1.86 bits per heavy atom. The number of pyridine rings is 1. The van der Waals surface area contributed by atoms with E-state index in [0.29, 0.717) is 11.4 Å². The normalized spacial score (nSPS) is 18.0. The molecule has 1 unspecified atom stereocenters. The molecule has 3 rings (SSSR count). The van der Waals surface area contributed by atoms with E-state index in [1.54, 1.807) is 30.6 Å². The minimum absolute atomic E-state index is 0.167. The molecule has 0 radical (unpaired) electrons. The predicted molar refractivity (Wildman–Crippen MR) is 73.9 cm³/mol. The number of hydrogen-bond acceptors (Lipinski definition) is 4. The van der Waals surface area contributed by atoms with Gasteiger partial charge in [-0.3, -0.25) is 4.98 Å². The molecule has 1 N–H and O–H groups in total. The topological polar surface area (TPSA) is 46.5 Å². The number of rotatable bonds is 2. The highest BCUT2D eigenvalue weighted by atomic mass is 19.4. The summed E-state index contributed by atoms with van der Waals surface area (Å²) in [6.07, 6.45) is -2.02. The van der Waals surface area contributed by atoms with Crippen molar-refractivity contribution in [1.29, 1.82) is 0 Å². The molecule has 1 aliphatic heterocycles. The van der Waals surface area contributed by atoms with Crippen molar-refractivity contribution >= 4 is 5.84 Å². The second-order valence-electron chi connectivity index (χ2n) is 4.86. The highest BCUT2D eigenvalue weighted by molar-refractivity contribution is 5.98. The Bertz CT molecular complexity index is 714. The molecule has 0 saturated carbocycles. The Balaban J connectivity index is 1.92. The van der Waals surface area contributed by atoms with Crippen LogP contribution in [-0.4, -0.2) is 10.8 Å². The van der Waals surface area contributed by atoms with E-state index in [1.807, 2.05) is 0 Å². The number of amidine groups is 1. The summed E-state index contributed by atoms with van der Waals surface area (Å²) in [5, 5.41) is 0. The lowest BCUT2D eigenvalue weighted by Crippen LogP contribution is -2.18. The van der Waals surface area contributed by atoms with E-state index in [2.05, 4.69) is 15.5 Å². The number of aryl methyl sites for hydroxylation is 1. The van der Waals surface area contributed by atoms with E-state index in [9.17, 15) is 13.2 Å². The molecule has 0 fully saturated rings. The maximum absolute atomic E-state index is 13.0. The molecule has 22 heavy (non-hydrogen) atoms. The van der Waals surface area contributed by atoms with Crippen LogP contribution in [0.4, 0.5) is 13.2 Å². The van der Waals surface area contributed by atoms with Crippen LogP contribution in [0.2, 0.25) is 0 Å². The molecule has 114 valence electrons. The van der Waals surface area contributed by atoms with Crippen molar-refractivity contribution in [3.8, 4) is 0 Å².